The lowest BCUT2D eigenvalue weighted by Gasteiger charge is -2.42. The first-order valence-corrected chi connectivity index (χ1v) is 7.14. The predicted octanol–water partition coefficient (Wildman–Crippen LogP) is 2.31. The van der Waals surface area contributed by atoms with Crippen molar-refractivity contribution in [2.45, 2.75) is 32.7 Å². The topological polar surface area (TPSA) is 23.6 Å². The van der Waals surface area contributed by atoms with Crippen LogP contribution in [-0.2, 0) is 11.2 Å². The van der Waals surface area contributed by atoms with E-state index in [2.05, 4.69) is 25.7 Å². The Bertz CT molecular complexity index is 474. The number of benzene rings is 1. The normalized spacial score (nSPS) is 17.3. The molecule has 1 aromatic rings. The van der Waals surface area contributed by atoms with Gasteiger partial charge in [-0.05, 0) is 32.4 Å². The molecule has 1 amide bonds. The first-order valence-electron chi connectivity index (χ1n) is 7.14. The monoisotopic (exact) mass is 278 g/mol. The molecular weight excluding hydrogens is 255 g/mol. The third kappa shape index (κ3) is 3.57. The highest BCUT2D eigenvalue weighted by molar-refractivity contribution is 5.79. The summed E-state index contributed by atoms with van der Waals surface area (Å²) in [7, 11) is 0. The quantitative estimate of drug-likeness (QED) is 0.829. The van der Waals surface area contributed by atoms with Crippen LogP contribution in [0, 0.1) is 5.82 Å². The maximum atomic E-state index is 13.6. The molecule has 20 heavy (non-hydrogen) atoms. The fourth-order valence-corrected chi connectivity index (χ4v) is 2.54. The standard InChI is InChI=1S/C16H23FN2O/c1-16(2,3)19-10-8-18(9-11-19)15(20)12-13-6-4-5-7-14(13)17/h4-7H,8-12H2,1-3H3. The summed E-state index contributed by atoms with van der Waals surface area (Å²) in [5.41, 5.74) is 0.622. The second kappa shape index (κ2) is 5.92. The third-order valence-electron chi connectivity index (χ3n) is 3.88. The molecule has 0 radical (unpaired) electrons. The van der Waals surface area contributed by atoms with E-state index in [9.17, 15) is 9.18 Å². The van der Waals surface area contributed by atoms with E-state index in [1.165, 1.54) is 6.07 Å². The highest BCUT2D eigenvalue weighted by Crippen LogP contribution is 2.16. The maximum absolute atomic E-state index is 13.6. The molecule has 0 N–H and O–H groups in total. The molecule has 110 valence electrons. The molecule has 0 saturated carbocycles. The molecule has 1 fully saturated rings. The van der Waals surface area contributed by atoms with E-state index in [1.807, 2.05) is 4.90 Å². The van der Waals surface area contributed by atoms with Gasteiger partial charge in [0.25, 0.3) is 0 Å². The average Bonchev–Trinajstić information content (AvgIpc) is 2.40. The average molecular weight is 278 g/mol. The van der Waals surface area contributed by atoms with Crippen molar-refractivity contribution in [2.75, 3.05) is 26.2 Å². The van der Waals surface area contributed by atoms with E-state index in [0.29, 0.717) is 5.56 Å². The van der Waals surface area contributed by atoms with E-state index in [1.54, 1.807) is 18.2 Å². The van der Waals surface area contributed by atoms with Gasteiger partial charge in [0.05, 0.1) is 6.42 Å². The Hall–Kier alpha value is -1.42. The van der Waals surface area contributed by atoms with Crippen molar-refractivity contribution >= 4 is 5.91 Å². The van der Waals surface area contributed by atoms with Gasteiger partial charge in [0, 0.05) is 31.7 Å². The smallest absolute Gasteiger partial charge is 0.227 e. The molecule has 2 rings (SSSR count). The van der Waals surface area contributed by atoms with Gasteiger partial charge in [-0.2, -0.15) is 0 Å². The van der Waals surface area contributed by atoms with Gasteiger partial charge in [-0.15, -0.1) is 0 Å². The molecule has 1 aliphatic rings. The van der Waals surface area contributed by atoms with Crippen LogP contribution in [0.25, 0.3) is 0 Å². The summed E-state index contributed by atoms with van der Waals surface area (Å²) < 4.78 is 13.6. The summed E-state index contributed by atoms with van der Waals surface area (Å²) in [5, 5.41) is 0. The van der Waals surface area contributed by atoms with Gasteiger partial charge >= 0.3 is 0 Å². The lowest BCUT2D eigenvalue weighted by molar-refractivity contribution is -0.133. The number of amides is 1. The van der Waals surface area contributed by atoms with Crippen LogP contribution in [0.5, 0.6) is 0 Å². The Morgan fingerprint density at radius 3 is 2.30 bits per heavy atom. The summed E-state index contributed by atoms with van der Waals surface area (Å²) in [6.07, 6.45) is 0.155. The number of hydrogen-bond acceptors (Lipinski definition) is 2. The van der Waals surface area contributed by atoms with Crippen LogP contribution in [-0.4, -0.2) is 47.4 Å². The number of carbonyl (C=O) groups is 1. The Labute approximate surface area is 120 Å². The first kappa shape index (κ1) is 15.0. The van der Waals surface area contributed by atoms with Crippen molar-refractivity contribution in [1.29, 1.82) is 0 Å². The highest BCUT2D eigenvalue weighted by atomic mass is 19.1. The SMILES string of the molecule is CC(C)(C)N1CCN(C(=O)Cc2ccccc2F)CC1. The van der Waals surface area contributed by atoms with Gasteiger partial charge in [-0.3, -0.25) is 9.69 Å². The van der Waals surface area contributed by atoms with E-state index < -0.39 is 0 Å². The Balaban J connectivity index is 1.91. The summed E-state index contributed by atoms with van der Waals surface area (Å²) in [6, 6.07) is 6.49. The number of halogens is 1. The molecule has 1 aliphatic heterocycles. The third-order valence-corrected chi connectivity index (χ3v) is 3.88. The number of piperazine rings is 1. The fourth-order valence-electron chi connectivity index (χ4n) is 2.54. The van der Waals surface area contributed by atoms with E-state index >= 15 is 0 Å². The number of carbonyl (C=O) groups excluding carboxylic acids is 1. The lowest BCUT2D eigenvalue weighted by Crippen LogP contribution is -2.54. The van der Waals surface area contributed by atoms with Crippen molar-refractivity contribution in [3.63, 3.8) is 0 Å². The van der Waals surface area contributed by atoms with Gasteiger partial charge in [0.1, 0.15) is 5.82 Å². The van der Waals surface area contributed by atoms with Crippen LogP contribution < -0.4 is 0 Å². The molecule has 4 heteroatoms. The zero-order valence-corrected chi connectivity index (χ0v) is 12.5. The lowest BCUT2D eigenvalue weighted by atomic mass is 10.0. The second-order valence-corrected chi connectivity index (χ2v) is 6.31. The molecule has 1 saturated heterocycles. The number of hydrogen-bond donors (Lipinski definition) is 0. The van der Waals surface area contributed by atoms with E-state index in [0.717, 1.165) is 26.2 Å². The van der Waals surface area contributed by atoms with Crippen molar-refractivity contribution in [3.8, 4) is 0 Å². The maximum Gasteiger partial charge on any atom is 0.227 e. The van der Waals surface area contributed by atoms with E-state index in [-0.39, 0.29) is 23.7 Å². The summed E-state index contributed by atoms with van der Waals surface area (Å²) >= 11 is 0. The molecule has 0 bridgehead atoms. The minimum absolute atomic E-state index is 0.0173. The Morgan fingerprint density at radius 1 is 1.15 bits per heavy atom. The highest BCUT2D eigenvalue weighted by Gasteiger charge is 2.27. The molecular formula is C16H23FN2O. The van der Waals surface area contributed by atoms with Crippen LogP contribution in [0.2, 0.25) is 0 Å². The number of rotatable bonds is 2. The van der Waals surface area contributed by atoms with Crippen molar-refractivity contribution in [2.24, 2.45) is 0 Å². The first-order chi connectivity index (χ1) is 9.38. The minimum Gasteiger partial charge on any atom is -0.340 e. The molecule has 0 spiro atoms. The Morgan fingerprint density at radius 2 is 1.75 bits per heavy atom. The van der Waals surface area contributed by atoms with Crippen molar-refractivity contribution < 1.29 is 9.18 Å². The summed E-state index contributed by atoms with van der Waals surface area (Å²) in [5.74, 6) is -0.280. The largest absolute Gasteiger partial charge is 0.340 e. The summed E-state index contributed by atoms with van der Waals surface area (Å²) in [6.45, 7) is 9.77. The van der Waals surface area contributed by atoms with Crippen LogP contribution in [0.1, 0.15) is 26.3 Å². The molecule has 0 aliphatic carbocycles. The van der Waals surface area contributed by atoms with Gasteiger partial charge < -0.3 is 4.90 Å². The molecule has 0 atom stereocenters. The minimum atomic E-state index is -0.297. The van der Waals surface area contributed by atoms with Crippen molar-refractivity contribution in [1.82, 2.24) is 9.80 Å². The molecule has 0 aromatic heterocycles. The fraction of sp³-hybridized carbons (Fsp3) is 0.562. The predicted molar refractivity (Wildman–Crippen MR) is 78.0 cm³/mol. The van der Waals surface area contributed by atoms with Gasteiger partial charge in [0.15, 0.2) is 0 Å². The molecule has 3 nitrogen and oxygen atoms in total. The zero-order valence-electron chi connectivity index (χ0n) is 12.5. The Kier molecular flexibility index (Phi) is 4.43. The van der Waals surface area contributed by atoms with Crippen molar-refractivity contribution in [3.05, 3.63) is 35.6 Å². The zero-order chi connectivity index (χ0) is 14.8. The van der Waals surface area contributed by atoms with Gasteiger partial charge in [-0.1, -0.05) is 18.2 Å². The van der Waals surface area contributed by atoms with Crippen LogP contribution >= 0.6 is 0 Å². The van der Waals surface area contributed by atoms with Crippen LogP contribution in [0.4, 0.5) is 4.39 Å². The number of nitrogens with zero attached hydrogens (tertiary/aromatic N) is 2. The van der Waals surface area contributed by atoms with E-state index in [4.69, 9.17) is 0 Å². The van der Waals surface area contributed by atoms with Crippen LogP contribution in [0.15, 0.2) is 24.3 Å². The molecule has 1 heterocycles. The van der Waals surface area contributed by atoms with Gasteiger partial charge in [-0.25, -0.2) is 4.39 Å². The molecule has 1 aromatic carbocycles. The second-order valence-electron chi connectivity index (χ2n) is 6.31. The summed E-state index contributed by atoms with van der Waals surface area (Å²) in [4.78, 5) is 16.4. The van der Waals surface area contributed by atoms with Gasteiger partial charge in [0.2, 0.25) is 5.91 Å². The van der Waals surface area contributed by atoms with Crippen LogP contribution in [0.3, 0.4) is 0 Å². The molecule has 0 unspecified atom stereocenters.